The van der Waals surface area contributed by atoms with Crippen LogP contribution in [0.25, 0.3) is 22.2 Å². The van der Waals surface area contributed by atoms with Crippen LogP contribution in [0.5, 0.6) is 0 Å². The lowest BCUT2D eigenvalue weighted by molar-refractivity contribution is -0.136. The van der Waals surface area contributed by atoms with E-state index in [1.54, 1.807) is 36.7 Å². The number of halogens is 3. The van der Waals surface area contributed by atoms with E-state index in [4.69, 9.17) is 5.73 Å². The SMILES string of the molecule is Cc1c(-c2ccc(N)cn2)c2c(C(F)(F)F)cccc2n1C. The van der Waals surface area contributed by atoms with Gasteiger partial charge in [-0.3, -0.25) is 4.98 Å². The van der Waals surface area contributed by atoms with Crippen LogP contribution in [0.2, 0.25) is 0 Å². The summed E-state index contributed by atoms with van der Waals surface area (Å²) in [4.78, 5) is 4.19. The van der Waals surface area contributed by atoms with E-state index in [0.29, 0.717) is 22.5 Å². The summed E-state index contributed by atoms with van der Waals surface area (Å²) < 4.78 is 41.9. The van der Waals surface area contributed by atoms with Gasteiger partial charge >= 0.3 is 6.18 Å². The number of alkyl halides is 3. The average Bonchev–Trinajstić information content (AvgIpc) is 2.71. The summed E-state index contributed by atoms with van der Waals surface area (Å²) in [7, 11) is 1.75. The quantitative estimate of drug-likeness (QED) is 0.734. The average molecular weight is 305 g/mol. The van der Waals surface area contributed by atoms with Crippen molar-refractivity contribution in [1.82, 2.24) is 9.55 Å². The fourth-order valence-electron chi connectivity index (χ4n) is 2.71. The molecule has 0 aliphatic carbocycles. The smallest absolute Gasteiger partial charge is 0.397 e. The van der Waals surface area contributed by atoms with Crippen LogP contribution < -0.4 is 5.73 Å². The summed E-state index contributed by atoms with van der Waals surface area (Å²) in [6.45, 7) is 1.79. The van der Waals surface area contributed by atoms with Crippen LogP contribution in [0.4, 0.5) is 18.9 Å². The molecule has 0 fully saturated rings. The number of anilines is 1. The van der Waals surface area contributed by atoms with Gasteiger partial charge in [0.15, 0.2) is 0 Å². The van der Waals surface area contributed by atoms with Crippen LogP contribution in [-0.4, -0.2) is 9.55 Å². The third-order valence-electron chi connectivity index (χ3n) is 3.87. The first-order valence-electron chi connectivity index (χ1n) is 6.68. The number of aryl methyl sites for hydroxylation is 1. The largest absolute Gasteiger partial charge is 0.417 e. The number of aromatic nitrogens is 2. The van der Waals surface area contributed by atoms with Gasteiger partial charge in [0, 0.05) is 29.2 Å². The molecule has 2 N–H and O–H groups in total. The molecule has 0 saturated heterocycles. The standard InChI is InChI=1S/C16H14F3N3/c1-9-14(12-7-6-10(20)8-21-12)15-11(16(17,18)19)4-3-5-13(15)22(9)2/h3-8H,20H2,1-2H3. The van der Waals surface area contributed by atoms with Crippen molar-refractivity contribution in [3.63, 3.8) is 0 Å². The summed E-state index contributed by atoms with van der Waals surface area (Å²) >= 11 is 0. The Labute approximate surface area is 125 Å². The monoisotopic (exact) mass is 305 g/mol. The number of pyridine rings is 1. The molecule has 0 radical (unpaired) electrons. The molecule has 2 heterocycles. The van der Waals surface area contributed by atoms with Gasteiger partial charge in [0.25, 0.3) is 0 Å². The predicted octanol–water partition coefficient (Wildman–Crippen LogP) is 4.15. The summed E-state index contributed by atoms with van der Waals surface area (Å²) in [5, 5.41) is 0.173. The van der Waals surface area contributed by atoms with Crippen LogP contribution in [0.1, 0.15) is 11.3 Å². The molecule has 0 amide bonds. The van der Waals surface area contributed by atoms with Crippen molar-refractivity contribution in [3.05, 3.63) is 47.8 Å². The van der Waals surface area contributed by atoms with E-state index in [0.717, 1.165) is 11.8 Å². The van der Waals surface area contributed by atoms with Gasteiger partial charge in [-0.1, -0.05) is 6.07 Å². The van der Waals surface area contributed by atoms with Crippen molar-refractivity contribution in [3.8, 4) is 11.3 Å². The summed E-state index contributed by atoms with van der Waals surface area (Å²) in [5.41, 5.74) is 7.66. The van der Waals surface area contributed by atoms with Crippen molar-refractivity contribution in [1.29, 1.82) is 0 Å². The molecule has 0 saturated carbocycles. The molecule has 0 aliphatic heterocycles. The van der Waals surface area contributed by atoms with Gasteiger partial charge in [-0.05, 0) is 31.2 Å². The first kappa shape index (κ1) is 14.4. The third kappa shape index (κ3) is 2.11. The van der Waals surface area contributed by atoms with Crippen LogP contribution >= 0.6 is 0 Å². The number of hydrogen-bond donors (Lipinski definition) is 1. The zero-order valence-corrected chi connectivity index (χ0v) is 12.1. The third-order valence-corrected chi connectivity index (χ3v) is 3.87. The lowest BCUT2D eigenvalue weighted by atomic mass is 10.0. The van der Waals surface area contributed by atoms with Gasteiger partial charge < -0.3 is 10.3 Å². The molecule has 1 aromatic carbocycles. The molecule has 3 aromatic rings. The summed E-state index contributed by atoms with van der Waals surface area (Å²) in [6.07, 6.45) is -2.97. The van der Waals surface area contributed by atoms with Crippen molar-refractivity contribution in [2.75, 3.05) is 5.73 Å². The zero-order chi connectivity index (χ0) is 16.1. The Morgan fingerprint density at radius 2 is 1.86 bits per heavy atom. The number of benzene rings is 1. The van der Waals surface area contributed by atoms with Gasteiger partial charge in [0.2, 0.25) is 0 Å². The van der Waals surface area contributed by atoms with Gasteiger partial charge in [-0.2, -0.15) is 13.2 Å². The first-order chi connectivity index (χ1) is 10.3. The molecule has 0 spiro atoms. The Morgan fingerprint density at radius 3 is 2.45 bits per heavy atom. The molecule has 6 heteroatoms. The molecule has 114 valence electrons. The van der Waals surface area contributed by atoms with Crippen LogP contribution in [-0.2, 0) is 13.2 Å². The Morgan fingerprint density at radius 1 is 1.14 bits per heavy atom. The maximum absolute atomic E-state index is 13.4. The van der Waals surface area contributed by atoms with E-state index in [-0.39, 0.29) is 5.39 Å². The Kier molecular flexibility index (Phi) is 3.12. The number of rotatable bonds is 1. The highest BCUT2D eigenvalue weighted by Gasteiger charge is 2.34. The van der Waals surface area contributed by atoms with Crippen LogP contribution in [0, 0.1) is 6.92 Å². The molecule has 2 aromatic heterocycles. The van der Waals surface area contributed by atoms with Gasteiger partial charge in [-0.15, -0.1) is 0 Å². The molecular weight excluding hydrogens is 291 g/mol. The molecule has 0 atom stereocenters. The van der Waals surface area contributed by atoms with Crippen molar-refractivity contribution < 1.29 is 13.2 Å². The number of hydrogen-bond acceptors (Lipinski definition) is 2. The first-order valence-corrected chi connectivity index (χ1v) is 6.68. The highest BCUT2D eigenvalue weighted by atomic mass is 19.4. The van der Waals surface area contributed by atoms with E-state index in [1.165, 1.54) is 12.3 Å². The molecule has 3 rings (SSSR count). The highest BCUT2D eigenvalue weighted by molar-refractivity contribution is 5.99. The maximum Gasteiger partial charge on any atom is 0.417 e. The van der Waals surface area contributed by atoms with E-state index >= 15 is 0 Å². The fraction of sp³-hybridized carbons (Fsp3) is 0.188. The topological polar surface area (TPSA) is 43.8 Å². The minimum Gasteiger partial charge on any atom is -0.397 e. The minimum atomic E-state index is -4.42. The number of nitrogen functional groups attached to an aromatic ring is 1. The van der Waals surface area contributed by atoms with E-state index in [1.807, 2.05) is 0 Å². The molecule has 0 bridgehead atoms. The van der Waals surface area contributed by atoms with E-state index < -0.39 is 11.7 Å². The van der Waals surface area contributed by atoms with E-state index in [2.05, 4.69) is 4.98 Å². The second-order valence-corrected chi connectivity index (χ2v) is 5.19. The molecule has 22 heavy (non-hydrogen) atoms. The van der Waals surface area contributed by atoms with Crippen molar-refractivity contribution >= 4 is 16.6 Å². The maximum atomic E-state index is 13.4. The minimum absolute atomic E-state index is 0.173. The molecule has 0 aliphatic rings. The van der Waals surface area contributed by atoms with Crippen LogP contribution in [0.3, 0.4) is 0 Å². The van der Waals surface area contributed by atoms with Gasteiger partial charge in [0.05, 0.1) is 23.1 Å². The highest BCUT2D eigenvalue weighted by Crippen LogP contribution is 2.41. The second kappa shape index (κ2) is 4.76. The fourth-order valence-corrected chi connectivity index (χ4v) is 2.71. The molecule has 3 nitrogen and oxygen atoms in total. The molecule has 0 unspecified atom stereocenters. The van der Waals surface area contributed by atoms with Crippen molar-refractivity contribution in [2.45, 2.75) is 13.1 Å². The lowest BCUT2D eigenvalue weighted by Gasteiger charge is -2.10. The Hall–Kier alpha value is -2.50. The number of nitrogens with zero attached hydrogens (tertiary/aromatic N) is 2. The Balaban J connectivity index is 2.43. The zero-order valence-electron chi connectivity index (χ0n) is 12.1. The number of nitrogens with two attached hydrogens (primary N) is 1. The lowest BCUT2D eigenvalue weighted by Crippen LogP contribution is -2.05. The second-order valence-electron chi connectivity index (χ2n) is 5.19. The van der Waals surface area contributed by atoms with Crippen molar-refractivity contribution in [2.24, 2.45) is 7.05 Å². The molecular formula is C16H14F3N3. The Bertz CT molecular complexity index is 846. The van der Waals surface area contributed by atoms with Gasteiger partial charge in [-0.25, -0.2) is 0 Å². The number of fused-ring (bicyclic) bond motifs is 1. The summed E-state index contributed by atoms with van der Waals surface area (Å²) in [5.74, 6) is 0. The van der Waals surface area contributed by atoms with E-state index in [9.17, 15) is 13.2 Å². The van der Waals surface area contributed by atoms with Gasteiger partial charge in [0.1, 0.15) is 0 Å². The summed E-state index contributed by atoms with van der Waals surface area (Å²) in [6, 6.07) is 7.48. The normalized spacial score (nSPS) is 12.0. The van der Waals surface area contributed by atoms with Crippen LogP contribution in [0.15, 0.2) is 36.5 Å². The predicted molar refractivity (Wildman–Crippen MR) is 80.3 cm³/mol.